The zero-order valence-corrected chi connectivity index (χ0v) is 11.6. The van der Waals surface area contributed by atoms with Crippen molar-refractivity contribution in [1.29, 1.82) is 0 Å². The van der Waals surface area contributed by atoms with Crippen molar-refractivity contribution in [3.63, 3.8) is 0 Å². The zero-order valence-electron chi connectivity index (χ0n) is 11.6. The standard InChI is InChI=1S/C19H15N2/c1-2-8-15(9-3-1)14-21-18-12-6-4-10-16(18)20-17-11-5-7-13-19(17)21/h1-13H,14H2/q+1. The van der Waals surface area contributed by atoms with Gasteiger partial charge in [-0.15, -0.1) is 0 Å². The first-order chi connectivity index (χ1) is 10.4. The van der Waals surface area contributed by atoms with Crippen LogP contribution in [-0.2, 0) is 6.54 Å². The van der Waals surface area contributed by atoms with Crippen molar-refractivity contribution in [3.8, 4) is 0 Å². The number of nitrogens with zero attached hydrogens (tertiary/aromatic N) is 2. The Labute approximate surface area is 123 Å². The highest BCUT2D eigenvalue weighted by molar-refractivity contribution is 5.81. The summed E-state index contributed by atoms with van der Waals surface area (Å²) in [6.45, 7) is 0.852. The topological polar surface area (TPSA) is 16.8 Å². The first-order valence-electron chi connectivity index (χ1n) is 7.13. The second-order valence-corrected chi connectivity index (χ2v) is 5.16. The molecular weight excluding hydrogens is 256 g/mol. The third-order valence-electron chi connectivity index (χ3n) is 3.77. The quantitative estimate of drug-likeness (QED) is 0.401. The molecule has 0 saturated heterocycles. The van der Waals surface area contributed by atoms with Gasteiger partial charge in [-0.3, -0.25) is 0 Å². The van der Waals surface area contributed by atoms with E-state index in [-0.39, 0.29) is 0 Å². The molecule has 0 N–H and O–H groups in total. The molecule has 0 spiro atoms. The third kappa shape index (κ3) is 2.15. The van der Waals surface area contributed by atoms with Gasteiger partial charge in [0.1, 0.15) is 11.0 Å². The highest BCUT2D eigenvalue weighted by Gasteiger charge is 2.16. The van der Waals surface area contributed by atoms with E-state index >= 15 is 0 Å². The van der Waals surface area contributed by atoms with Crippen molar-refractivity contribution in [3.05, 3.63) is 84.4 Å². The number of fused-ring (bicyclic) bond motifs is 2. The van der Waals surface area contributed by atoms with Crippen LogP contribution in [0, 0.1) is 0 Å². The Hall–Kier alpha value is -2.74. The van der Waals surface area contributed by atoms with Crippen LogP contribution in [0.25, 0.3) is 22.1 Å². The van der Waals surface area contributed by atoms with E-state index in [0.29, 0.717) is 0 Å². The second-order valence-electron chi connectivity index (χ2n) is 5.16. The summed E-state index contributed by atoms with van der Waals surface area (Å²) in [5.41, 5.74) is 5.70. The van der Waals surface area contributed by atoms with Crippen LogP contribution in [0.3, 0.4) is 0 Å². The molecule has 1 heterocycles. The van der Waals surface area contributed by atoms with Gasteiger partial charge < -0.3 is 0 Å². The van der Waals surface area contributed by atoms with Gasteiger partial charge in [-0.25, -0.2) is 4.98 Å². The molecule has 0 amide bonds. The van der Waals surface area contributed by atoms with Crippen LogP contribution in [-0.4, -0.2) is 4.98 Å². The van der Waals surface area contributed by atoms with E-state index in [4.69, 9.17) is 4.98 Å². The van der Waals surface area contributed by atoms with E-state index in [1.54, 1.807) is 0 Å². The summed E-state index contributed by atoms with van der Waals surface area (Å²) < 4.78 is 2.34. The number of rotatable bonds is 2. The van der Waals surface area contributed by atoms with Crippen molar-refractivity contribution in [1.82, 2.24) is 4.98 Å². The van der Waals surface area contributed by atoms with Crippen LogP contribution in [0.15, 0.2) is 78.9 Å². The molecule has 0 aliphatic carbocycles. The lowest BCUT2D eigenvalue weighted by atomic mass is 10.2. The van der Waals surface area contributed by atoms with Crippen LogP contribution in [0.2, 0.25) is 0 Å². The lowest BCUT2D eigenvalue weighted by molar-refractivity contribution is -0.636. The van der Waals surface area contributed by atoms with Gasteiger partial charge in [-0.2, -0.15) is 4.57 Å². The van der Waals surface area contributed by atoms with E-state index in [9.17, 15) is 0 Å². The molecule has 3 aromatic carbocycles. The molecule has 2 nitrogen and oxygen atoms in total. The summed E-state index contributed by atoms with van der Waals surface area (Å²) >= 11 is 0. The van der Waals surface area contributed by atoms with Gasteiger partial charge in [0.2, 0.25) is 11.0 Å². The van der Waals surface area contributed by atoms with Crippen LogP contribution < -0.4 is 4.57 Å². The van der Waals surface area contributed by atoms with E-state index in [1.807, 2.05) is 12.1 Å². The number of para-hydroxylation sites is 4. The summed E-state index contributed by atoms with van der Waals surface area (Å²) in [6, 6.07) is 27.2. The average Bonchev–Trinajstić information content (AvgIpc) is 2.55. The maximum Gasteiger partial charge on any atom is 0.231 e. The van der Waals surface area contributed by atoms with E-state index in [1.165, 1.54) is 16.6 Å². The normalized spacial score (nSPS) is 11.0. The Morgan fingerprint density at radius 2 is 1.14 bits per heavy atom. The maximum absolute atomic E-state index is 4.76. The highest BCUT2D eigenvalue weighted by atomic mass is 15.0. The average molecular weight is 271 g/mol. The Morgan fingerprint density at radius 1 is 0.619 bits per heavy atom. The first-order valence-corrected chi connectivity index (χ1v) is 7.13. The molecule has 4 aromatic rings. The lowest BCUT2D eigenvalue weighted by Gasteiger charge is -2.05. The largest absolute Gasteiger partial charge is 0.235 e. The van der Waals surface area contributed by atoms with Crippen molar-refractivity contribution < 1.29 is 4.57 Å². The Morgan fingerprint density at radius 3 is 1.76 bits per heavy atom. The van der Waals surface area contributed by atoms with Crippen LogP contribution in [0.5, 0.6) is 0 Å². The molecule has 0 atom stereocenters. The Kier molecular flexibility index (Phi) is 2.86. The van der Waals surface area contributed by atoms with Crippen molar-refractivity contribution in [2.24, 2.45) is 0 Å². The Balaban J connectivity index is 2.02. The summed E-state index contributed by atoms with van der Waals surface area (Å²) in [4.78, 5) is 4.76. The molecule has 1 aromatic heterocycles. The Bertz CT molecular complexity index is 860. The van der Waals surface area contributed by atoms with Crippen LogP contribution in [0.4, 0.5) is 0 Å². The van der Waals surface area contributed by atoms with Gasteiger partial charge >= 0.3 is 0 Å². The van der Waals surface area contributed by atoms with Gasteiger partial charge in [0.15, 0.2) is 6.54 Å². The minimum absolute atomic E-state index is 0.852. The number of aromatic nitrogens is 2. The predicted octanol–water partition coefficient (Wildman–Crippen LogP) is 3.72. The van der Waals surface area contributed by atoms with Gasteiger partial charge in [0, 0.05) is 17.7 Å². The molecule has 21 heavy (non-hydrogen) atoms. The number of benzene rings is 3. The molecular formula is C19H15N2+. The molecule has 2 heteroatoms. The summed E-state index contributed by atoms with van der Waals surface area (Å²) in [5.74, 6) is 0. The second kappa shape index (κ2) is 4.98. The third-order valence-corrected chi connectivity index (χ3v) is 3.77. The van der Waals surface area contributed by atoms with Gasteiger partial charge in [0.05, 0.1) is 0 Å². The van der Waals surface area contributed by atoms with Crippen molar-refractivity contribution >= 4 is 22.1 Å². The molecule has 100 valence electrons. The fourth-order valence-corrected chi connectivity index (χ4v) is 2.77. The molecule has 0 bridgehead atoms. The molecule has 4 rings (SSSR count). The molecule has 0 fully saturated rings. The number of hydrogen-bond donors (Lipinski definition) is 0. The lowest BCUT2D eigenvalue weighted by Crippen LogP contribution is -2.36. The fourth-order valence-electron chi connectivity index (χ4n) is 2.77. The van der Waals surface area contributed by atoms with E-state index in [0.717, 1.165) is 17.6 Å². The molecule has 0 aliphatic heterocycles. The number of hydrogen-bond acceptors (Lipinski definition) is 1. The van der Waals surface area contributed by atoms with E-state index < -0.39 is 0 Å². The van der Waals surface area contributed by atoms with Crippen molar-refractivity contribution in [2.45, 2.75) is 6.54 Å². The zero-order chi connectivity index (χ0) is 14.1. The maximum atomic E-state index is 4.76. The van der Waals surface area contributed by atoms with Gasteiger partial charge in [-0.1, -0.05) is 54.6 Å². The summed E-state index contributed by atoms with van der Waals surface area (Å²) in [6.07, 6.45) is 0. The molecule has 0 unspecified atom stereocenters. The van der Waals surface area contributed by atoms with E-state index in [2.05, 4.69) is 71.3 Å². The predicted molar refractivity (Wildman–Crippen MR) is 85.0 cm³/mol. The summed E-state index contributed by atoms with van der Waals surface area (Å²) in [7, 11) is 0. The fraction of sp³-hybridized carbons (Fsp3) is 0.0526. The highest BCUT2D eigenvalue weighted by Crippen LogP contribution is 2.15. The van der Waals surface area contributed by atoms with Gasteiger partial charge in [0.25, 0.3) is 0 Å². The summed E-state index contributed by atoms with van der Waals surface area (Å²) in [5, 5.41) is 0. The minimum Gasteiger partial charge on any atom is -0.235 e. The van der Waals surface area contributed by atoms with Crippen LogP contribution >= 0.6 is 0 Å². The monoisotopic (exact) mass is 271 g/mol. The molecule has 0 radical (unpaired) electrons. The molecule has 0 saturated carbocycles. The smallest absolute Gasteiger partial charge is 0.231 e. The first kappa shape index (κ1) is 12.0. The van der Waals surface area contributed by atoms with Crippen molar-refractivity contribution in [2.75, 3.05) is 0 Å². The SMILES string of the molecule is c1ccc(C[n+]2c3ccccc3nc3ccccc32)cc1. The molecule has 0 aliphatic rings. The minimum atomic E-state index is 0.852. The van der Waals surface area contributed by atoms with Gasteiger partial charge in [-0.05, 0) is 12.1 Å². The van der Waals surface area contributed by atoms with Crippen LogP contribution in [0.1, 0.15) is 5.56 Å².